The van der Waals surface area contributed by atoms with Gasteiger partial charge in [0.1, 0.15) is 0 Å². The highest BCUT2D eigenvalue weighted by Gasteiger charge is 2.36. The highest BCUT2D eigenvalue weighted by molar-refractivity contribution is 5.77. The number of aliphatic hydroxyl groups is 1. The zero-order valence-corrected chi connectivity index (χ0v) is 14.5. The smallest absolute Gasteiger partial charge is 0.222 e. The Labute approximate surface area is 151 Å². The summed E-state index contributed by atoms with van der Waals surface area (Å²) in [5.74, 6) is 0.220. The summed E-state index contributed by atoms with van der Waals surface area (Å²) in [5, 5.41) is 12.8. The first-order chi connectivity index (χ1) is 12.7. The predicted octanol–water partition coefficient (Wildman–Crippen LogP) is 2.45. The van der Waals surface area contributed by atoms with E-state index in [1.165, 1.54) is 0 Å². The molecule has 6 nitrogen and oxygen atoms in total. The van der Waals surface area contributed by atoms with Crippen LogP contribution in [-0.2, 0) is 11.3 Å². The molecule has 1 aliphatic rings. The molecule has 0 radical (unpaired) electrons. The fraction of sp³-hybridized carbons (Fsp3) is 0.350. The van der Waals surface area contributed by atoms with Gasteiger partial charge < -0.3 is 15.0 Å². The van der Waals surface area contributed by atoms with E-state index in [-0.39, 0.29) is 24.0 Å². The number of imidazole rings is 1. The summed E-state index contributed by atoms with van der Waals surface area (Å²) in [5.41, 5.74) is 2.82. The fourth-order valence-corrected chi connectivity index (χ4v) is 3.55. The van der Waals surface area contributed by atoms with Gasteiger partial charge in [-0.05, 0) is 43.0 Å². The van der Waals surface area contributed by atoms with Crippen molar-refractivity contribution >= 4 is 16.9 Å². The highest BCUT2D eigenvalue weighted by Crippen LogP contribution is 2.37. The van der Waals surface area contributed by atoms with E-state index in [2.05, 4.69) is 15.3 Å². The van der Waals surface area contributed by atoms with Gasteiger partial charge in [0.05, 0.1) is 35.2 Å². The molecule has 1 aromatic carbocycles. The quantitative estimate of drug-likeness (QED) is 0.716. The number of nitrogens with zero attached hydrogens (tertiary/aromatic N) is 3. The molecule has 1 amide bonds. The second-order valence-electron chi connectivity index (χ2n) is 6.86. The van der Waals surface area contributed by atoms with Gasteiger partial charge in [-0.2, -0.15) is 0 Å². The zero-order valence-electron chi connectivity index (χ0n) is 14.5. The van der Waals surface area contributed by atoms with Crippen LogP contribution < -0.4 is 5.32 Å². The largest absolute Gasteiger partial charge is 0.393 e. The maximum atomic E-state index is 12.5. The Bertz CT molecular complexity index is 887. The van der Waals surface area contributed by atoms with Gasteiger partial charge in [-0.25, -0.2) is 4.98 Å². The second kappa shape index (κ2) is 7.25. The molecule has 1 aliphatic carbocycles. The molecule has 26 heavy (non-hydrogen) atoms. The first-order valence-corrected chi connectivity index (χ1v) is 8.99. The second-order valence-corrected chi connectivity index (χ2v) is 6.86. The maximum absolute atomic E-state index is 12.5. The third kappa shape index (κ3) is 3.46. The molecule has 1 unspecified atom stereocenters. The van der Waals surface area contributed by atoms with E-state index < -0.39 is 0 Å². The SMILES string of the molecule is O=C(CCn1cnc2ccccc21)NC(c1ccccn1)C1CC(O)C1. The standard InChI is InChI=1S/C20H22N4O2/c25-15-11-14(12-15)20(17-6-3-4-9-21-17)23-19(26)8-10-24-13-22-16-5-1-2-7-18(16)24/h1-7,9,13-15,20,25H,8,10-12H2,(H,23,26). The molecular formula is C20H22N4O2. The summed E-state index contributed by atoms with van der Waals surface area (Å²) in [4.78, 5) is 21.3. The Hall–Kier alpha value is -2.73. The van der Waals surface area contributed by atoms with Crippen molar-refractivity contribution in [3.05, 3.63) is 60.7 Å². The van der Waals surface area contributed by atoms with Crippen molar-refractivity contribution in [1.29, 1.82) is 0 Å². The van der Waals surface area contributed by atoms with Crippen LogP contribution >= 0.6 is 0 Å². The van der Waals surface area contributed by atoms with Crippen molar-refractivity contribution in [1.82, 2.24) is 19.9 Å². The molecule has 0 saturated heterocycles. The normalized spacial score (nSPS) is 20.5. The zero-order chi connectivity index (χ0) is 17.9. The molecular weight excluding hydrogens is 328 g/mol. The molecule has 0 aliphatic heterocycles. The van der Waals surface area contributed by atoms with Crippen LogP contribution in [0.5, 0.6) is 0 Å². The molecule has 1 atom stereocenters. The molecule has 3 aromatic rings. The average Bonchev–Trinajstić information content (AvgIpc) is 3.06. The van der Waals surface area contributed by atoms with Crippen LogP contribution in [0.25, 0.3) is 11.0 Å². The van der Waals surface area contributed by atoms with Gasteiger partial charge in [0, 0.05) is 19.2 Å². The van der Waals surface area contributed by atoms with Crippen molar-refractivity contribution < 1.29 is 9.90 Å². The van der Waals surface area contributed by atoms with E-state index in [9.17, 15) is 9.90 Å². The lowest BCUT2D eigenvalue weighted by Gasteiger charge is -2.37. The third-order valence-electron chi connectivity index (χ3n) is 5.05. The lowest BCUT2D eigenvalue weighted by atomic mass is 9.76. The Balaban J connectivity index is 1.42. The van der Waals surface area contributed by atoms with E-state index in [0.29, 0.717) is 25.8 Å². The number of benzene rings is 1. The van der Waals surface area contributed by atoms with Crippen LogP contribution in [0.3, 0.4) is 0 Å². The number of nitrogens with one attached hydrogen (secondary N) is 1. The Morgan fingerprint density at radius 1 is 1.19 bits per heavy atom. The molecule has 1 fully saturated rings. The Morgan fingerprint density at radius 2 is 2.00 bits per heavy atom. The van der Waals surface area contributed by atoms with Crippen molar-refractivity contribution in [2.75, 3.05) is 0 Å². The monoisotopic (exact) mass is 350 g/mol. The number of hydrogen-bond acceptors (Lipinski definition) is 4. The molecule has 2 aromatic heterocycles. The van der Waals surface area contributed by atoms with Crippen LogP contribution in [0, 0.1) is 5.92 Å². The number of aryl methyl sites for hydroxylation is 1. The molecule has 6 heteroatoms. The molecule has 2 N–H and O–H groups in total. The van der Waals surface area contributed by atoms with E-state index in [4.69, 9.17) is 0 Å². The summed E-state index contributed by atoms with van der Waals surface area (Å²) < 4.78 is 2.00. The summed E-state index contributed by atoms with van der Waals surface area (Å²) in [6.07, 6.45) is 5.03. The molecule has 0 bridgehead atoms. The van der Waals surface area contributed by atoms with Gasteiger partial charge in [-0.3, -0.25) is 9.78 Å². The maximum Gasteiger partial charge on any atom is 0.222 e. The van der Waals surface area contributed by atoms with Crippen LogP contribution in [0.4, 0.5) is 0 Å². The molecule has 2 heterocycles. The number of aliphatic hydroxyl groups excluding tert-OH is 1. The number of amides is 1. The van der Waals surface area contributed by atoms with E-state index in [0.717, 1.165) is 16.7 Å². The Morgan fingerprint density at radius 3 is 2.77 bits per heavy atom. The number of hydrogen-bond donors (Lipinski definition) is 2. The number of aromatic nitrogens is 3. The lowest BCUT2D eigenvalue weighted by molar-refractivity contribution is -0.123. The van der Waals surface area contributed by atoms with E-state index in [1.807, 2.05) is 47.0 Å². The number of carbonyl (C=O) groups excluding carboxylic acids is 1. The Kier molecular flexibility index (Phi) is 4.67. The minimum atomic E-state index is -0.263. The van der Waals surface area contributed by atoms with Crippen LogP contribution in [0.2, 0.25) is 0 Å². The summed E-state index contributed by atoms with van der Waals surface area (Å²) in [6.45, 7) is 0.578. The fourth-order valence-electron chi connectivity index (χ4n) is 3.55. The number of pyridine rings is 1. The van der Waals surface area contributed by atoms with Gasteiger partial charge in [0.15, 0.2) is 0 Å². The number of carbonyl (C=O) groups is 1. The van der Waals surface area contributed by atoms with Crippen molar-refractivity contribution in [3.8, 4) is 0 Å². The van der Waals surface area contributed by atoms with E-state index in [1.54, 1.807) is 12.5 Å². The summed E-state index contributed by atoms with van der Waals surface area (Å²) in [7, 11) is 0. The van der Waals surface area contributed by atoms with Crippen LogP contribution in [0.1, 0.15) is 31.0 Å². The van der Waals surface area contributed by atoms with Crippen molar-refractivity contribution in [2.45, 2.75) is 38.0 Å². The first-order valence-electron chi connectivity index (χ1n) is 8.99. The first kappa shape index (κ1) is 16.7. The summed E-state index contributed by atoms with van der Waals surface area (Å²) >= 11 is 0. The van der Waals surface area contributed by atoms with Gasteiger partial charge in [0.2, 0.25) is 5.91 Å². The van der Waals surface area contributed by atoms with Gasteiger partial charge >= 0.3 is 0 Å². The molecule has 0 spiro atoms. The minimum Gasteiger partial charge on any atom is -0.393 e. The van der Waals surface area contributed by atoms with E-state index >= 15 is 0 Å². The minimum absolute atomic E-state index is 0.0141. The van der Waals surface area contributed by atoms with Gasteiger partial charge in [0.25, 0.3) is 0 Å². The van der Waals surface area contributed by atoms with Gasteiger partial charge in [-0.1, -0.05) is 18.2 Å². The van der Waals surface area contributed by atoms with Crippen molar-refractivity contribution in [3.63, 3.8) is 0 Å². The topological polar surface area (TPSA) is 80.0 Å². The highest BCUT2D eigenvalue weighted by atomic mass is 16.3. The molecule has 134 valence electrons. The predicted molar refractivity (Wildman–Crippen MR) is 98.2 cm³/mol. The number of rotatable bonds is 6. The van der Waals surface area contributed by atoms with Crippen LogP contribution in [0.15, 0.2) is 55.0 Å². The lowest BCUT2D eigenvalue weighted by Crippen LogP contribution is -2.41. The molecule has 1 saturated carbocycles. The third-order valence-corrected chi connectivity index (χ3v) is 5.05. The number of para-hydroxylation sites is 2. The average molecular weight is 350 g/mol. The number of fused-ring (bicyclic) bond motifs is 1. The molecule has 4 rings (SSSR count). The summed E-state index contributed by atoms with van der Waals surface area (Å²) in [6, 6.07) is 13.5. The van der Waals surface area contributed by atoms with Crippen molar-refractivity contribution in [2.24, 2.45) is 5.92 Å². The van der Waals surface area contributed by atoms with Gasteiger partial charge in [-0.15, -0.1) is 0 Å². The van der Waals surface area contributed by atoms with Crippen LogP contribution in [-0.4, -0.2) is 31.7 Å².